The van der Waals surface area contributed by atoms with Gasteiger partial charge < -0.3 is 4.90 Å². The second-order valence-electron chi connectivity index (χ2n) is 13.8. The van der Waals surface area contributed by atoms with Crippen LogP contribution in [0.3, 0.4) is 0 Å². The molecule has 0 bridgehead atoms. The monoisotopic (exact) mass is 789 g/mol. The summed E-state index contributed by atoms with van der Waals surface area (Å²) in [6.45, 7) is 3.00. The van der Waals surface area contributed by atoms with Crippen molar-refractivity contribution in [1.29, 1.82) is 0 Å². The van der Waals surface area contributed by atoms with Crippen molar-refractivity contribution in [2.45, 2.75) is 24.7 Å². The average Bonchev–Trinajstić information content (AvgIpc) is 1.46. The molecule has 0 spiro atoms. The Balaban J connectivity index is 1.29. The van der Waals surface area contributed by atoms with Crippen LogP contribution in [-0.2, 0) is 10.8 Å². The van der Waals surface area contributed by atoms with Crippen LogP contribution in [0.4, 0.5) is 17.1 Å². The topological polar surface area (TPSA) is 3.24 Å². The number of rotatable bonds is 7. The fourth-order valence-electron chi connectivity index (χ4n) is 7.67. The highest BCUT2D eigenvalue weighted by Crippen LogP contribution is 2.57. The number of anilines is 3. The maximum atomic E-state index is 10.1. The molecule has 0 heterocycles. The fraction of sp³-hybridized carbons (Fsp3) is 0.0690. The Kier molecular flexibility index (Phi) is 3.31. The number of hydrogen-bond donors (Lipinski definition) is 0. The summed E-state index contributed by atoms with van der Waals surface area (Å²) in [5, 5.41) is 0. The first-order chi connectivity index (χ1) is 43.6. The predicted octanol–water partition coefficient (Wildman–Crippen LogP) is 15.2. The molecule has 280 valence electrons. The van der Waals surface area contributed by atoms with Crippen molar-refractivity contribution in [3.8, 4) is 44.5 Å². The summed E-state index contributed by atoms with van der Waals surface area (Å²) in [7, 11) is 0. The molecular formula is C58H43N. The molecule has 0 fully saturated rings. The van der Waals surface area contributed by atoms with Crippen LogP contribution in [0.1, 0.15) is 95.2 Å². The van der Waals surface area contributed by atoms with E-state index in [1.807, 2.05) is 0 Å². The Morgan fingerprint density at radius 1 is 0.356 bits per heavy atom. The molecule has 59 heavy (non-hydrogen) atoms. The van der Waals surface area contributed by atoms with Crippen molar-refractivity contribution in [2.24, 2.45) is 0 Å². The van der Waals surface area contributed by atoms with Crippen molar-refractivity contribution in [3.63, 3.8) is 0 Å². The first-order valence-electron chi connectivity index (χ1n) is 35.3. The lowest BCUT2D eigenvalue weighted by Crippen LogP contribution is -2.28. The third kappa shape index (κ3) is 5.46. The van der Waals surface area contributed by atoms with Crippen LogP contribution in [0.5, 0.6) is 0 Å². The first-order valence-corrected chi connectivity index (χ1v) is 17.8. The SMILES string of the molecule is [2H]c1cc2c(c([2H])c1-c1c([2H])c([2H])c(N(c3cc4c(c([2H])c3[2H])-c3c([2H])c([2H])c([2H])c([2H])c3C4(C)C)c3c([2H])c([2H])c(-c4c([2H])c([2H])c([2H])c([2H])c4[2H])c([2H])c3[2H])c([2H])c1[2H])-c1c([2H])c([2H])c([2H])c([2H])c1C2(c1c([2H])c([2H])c([2H])c([2H])c1[2H])c1c([2H])c([2H])c([2H])c([2H])c1[2H]. The Morgan fingerprint density at radius 3 is 1.42 bits per heavy atom. The van der Waals surface area contributed by atoms with Gasteiger partial charge in [-0.05, 0) is 120 Å². The molecule has 2 aliphatic carbocycles. The van der Waals surface area contributed by atoms with Crippen molar-refractivity contribution in [1.82, 2.24) is 0 Å². The maximum absolute atomic E-state index is 10.1. The van der Waals surface area contributed by atoms with Crippen LogP contribution in [0, 0.1) is 0 Å². The van der Waals surface area contributed by atoms with Crippen LogP contribution < -0.4 is 4.90 Å². The summed E-state index contributed by atoms with van der Waals surface area (Å²) < 4.78 is 321. The highest BCUT2D eigenvalue weighted by Gasteiger charge is 2.46. The third-order valence-electron chi connectivity index (χ3n) is 10.4. The van der Waals surface area contributed by atoms with Gasteiger partial charge in [0.2, 0.25) is 0 Å². The molecule has 2 aliphatic rings. The second-order valence-corrected chi connectivity index (χ2v) is 13.8. The molecule has 1 heteroatoms. The Morgan fingerprint density at radius 2 is 0.814 bits per heavy atom. The smallest absolute Gasteiger partial charge is 0.0713 e. The van der Waals surface area contributed by atoms with E-state index in [4.69, 9.17) is 23.3 Å². The molecule has 9 aromatic carbocycles. The number of nitrogens with zero attached hydrogens (tertiary/aromatic N) is 1. The summed E-state index contributed by atoms with van der Waals surface area (Å²) >= 11 is 0. The van der Waals surface area contributed by atoms with Gasteiger partial charge in [-0.25, -0.2) is 0 Å². The molecule has 0 amide bonds. The number of fused-ring (bicyclic) bond motifs is 6. The van der Waals surface area contributed by atoms with Crippen LogP contribution in [-0.4, -0.2) is 0 Å². The lowest BCUT2D eigenvalue weighted by atomic mass is 9.67. The van der Waals surface area contributed by atoms with Gasteiger partial charge in [0.1, 0.15) is 0 Å². The maximum Gasteiger partial charge on any atom is 0.0713 e. The minimum absolute atomic E-state index is 0.0363. The Labute approximate surface area is 396 Å². The van der Waals surface area contributed by atoms with E-state index in [9.17, 15) is 24.7 Å². The molecule has 1 nitrogen and oxygen atoms in total. The van der Waals surface area contributed by atoms with Crippen molar-refractivity contribution in [3.05, 3.63) is 257 Å². The highest BCUT2D eigenvalue weighted by molar-refractivity contribution is 5.90. The number of benzene rings is 9. The summed E-state index contributed by atoms with van der Waals surface area (Å²) in [6, 6.07) is -33.8. The summed E-state index contributed by atoms with van der Waals surface area (Å²) in [5.41, 5.74) is -16.4. The molecule has 0 atom stereocenters. The minimum Gasteiger partial charge on any atom is -0.310 e. The summed E-state index contributed by atoms with van der Waals surface area (Å²) in [4.78, 5) is 0.554. The molecule has 0 aliphatic heterocycles. The van der Waals surface area contributed by atoms with Gasteiger partial charge in [0.25, 0.3) is 0 Å². The van der Waals surface area contributed by atoms with Gasteiger partial charge >= 0.3 is 0 Å². The lowest BCUT2D eigenvalue weighted by molar-refractivity contribution is 0.660. The fourth-order valence-corrected chi connectivity index (χ4v) is 7.67. The van der Waals surface area contributed by atoms with E-state index in [1.54, 1.807) is 0 Å². The largest absolute Gasteiger partial charge is 0.310 e. The van der Waals surface area contributed by atoms with Gasteiger partial charge in [-0.1, -0.05) is 195 Å². The molecule has 0 saturated heterocycles. The normalized spacial score (nSPS) is 22.2. The van der Waals surface area contributed by atoms with E-state index in [1.165, 1.54) is 13.8 Å². The molecule has 0 aromatic heterocycles. The third-order valence-corrected chi connectivity index (χ3v) is 10.4. The van der Waals surface area contributed by atoms with E-state index >= 15 is 0 Å². The van der Waals surface area contributed by atoms with Gasteiger partial charge in [0.05, 0.1) is 53.4 Å². The standard InChI is InChI=1S/C58H43N/c1-57(2)53-24-14-12-22-49(53)51-36-35-48(39-56(51)57)59(46-31-26-41(27-32-46)40-16-6-3-7-17-40)47-33-28-42(29-34-47)43-30-37-55-52(38-43)50-23-13-15-25-54(50)58(55,44-18-8-4-9-19-44)45-20-10-5-11-21-45/h3-39H,1-2H3/i3D,4D,5D,6D,7D,8D,9D,10D,11D,12D,13D,14D,15D,16D,17D,18D,19D,20D,21D,22D,23D,24D,25D,26D,27D,28D,29D,30D,31D,32D,33D,34D,35D,36D,38D. The minimum atomic E-state index is -3.09. The van der Waals surface area contributed by atoms with Gasteiger partial charge in [0, 0.05) is 22.5 Å². The zero-order valence-electron chi connectivity index (χ0n) is 65.6. The quantitative estimate of drug-likeness (QED) is 0.155. The molecule has 0 saturated carbocycles. The first kappa shape index (κ1) is 14.3. The van der Waals surface area contributed by atoms with Crippen molar-refractivity contribution < 1.29 is 48.0 Å². The van der Waals surface area contributed by atoms with Gasteiger partial charge in [0.15, 0.2) is 0 Å². The van der Waals surface area contributed by atoms with Gasteiger partial charge in [-0.3, -0.25) is 0 Å². The van der Waals surface area contributed by atoms with Crippen LogP contribution >= 0.6 is 0 Å². The van der Waals surface area contributed by atoms with E-state index in [0.29, 0.717) is 4.90 Å². The molecular weight excluding hydrogens is 711 g/mol. The van der Waals surface area contributed by atoms with E-state index in [0.717, 1.165) is 12.1 Å². The molecule has 0 radical (unpaired) electrons. The number of hydrogen-bond acceptors (Lipinski definition) is 1. The highest BCUT2D eigenvalue weighted by atomic mass is 15.1. The van der Waals surface area contributed by atoms with Crippen LogP contribution in [0.15, 0.2) is 224 Å². The van der Waals surface area contributed by atoms with Crippen LogP contribution in [0.2, 0.25) is 0 Å². The summed E-state index contributed by atoms with van der Waals surface area (Å²) in [5.74, 6) is 0. The van der Waals surface area contributed by atoms with Gasteiger partial charge in [-0.2, -0.15) is 0 Å². The van der Waals surface area contributed by atoms with Crippen molar-refractivity contribution >= 4 is 17.1 Å². The van der Waals surface area contributed by atoms with E-state index in [-0.39, 0.29) is 22.3 Å². The van der Waals surface area contributed by atoms with E-state index in [2.05, 4.69) is 0 Å². The predicted molar refractivity (Wildman–Crippen MR) is 247 cm³/mol. The molecule has 0 N–H and O–H groups in total. The van der Waals surface area contributed by atoms with E-state index < -0.39 is 295 Å². The average molecular weight is 789 g/mol. The second kappa shape index (κ2) is 13.7. The molecule has 11 rings (SSSR count). The molecule has 0 unspecified atom stereocenters. The Bertz CT molecular complexity index is 4860. The Hall–Kier alpha value is -7.22. The van der Waals surface area contributed by atoms with Crippen molar-refractivity contribution in [2.75, 3.05) is 4.90 Å². The lowest BCUT2D eigenvalue weighted by Gasteiger charge is -2.33. The zero-order chi connectivity index (χ0) is 70.0. The van der Waals surface area contributed by atoms with Crippen LogP contribution in [0.25, 0.3) is 44.5 Å². The summed E-state index contributed by atoms with van der Waals surface area (Å²) in [6.07, 6.45) is 0. The molecule has 9 aromatic rings. The van der Waals surface area contributed by atoms with Gasteiger partial charge in [-0.15, -0.1) is 0 Å². The zero-order valence-corrected chi connectivity index (χ0v) is 30.6.